The summed E-state index contributed by atoms with van der Waals surface area (Å²) in [6.45, 7) is 16.2. The second-order valence-corrected chi connectivity index (χ2v) is 9.63. The molecule has 4 nitrogen and oxygen atoms in total. The largest absolute Gasteiger partial charge is 0.541 e. The van der Waals surface area contributed by atoms with Crippen LogP contribution < -0.4 is 0 Å². The lowest BCUT2D eigenvalue weighted by Crippen LogP contribution is -2.05. The maximum Gasteiger partial charge on any atom is 0.541 e. The van der Waals surface area contributed by atoms with E-state index >= 15 is 0 Å². The Bertz CT molecular complexity index is 482. The summed E-state index contributed by atoms with van der Waals surface area (Å²) < 4.78 is 21.5. The van der Waals surface area contributed by atoms with Crippen LogP contribution in [-0.2, 0) is 9.13 Å². The van der Waals surface area contributed by atoms with Crippen LogP contribution in [0.5, 0.6) is 0 Å². The third kappa shape index (κ3) is 12.9. The van der Waals surface area contributed by atoms with Gasteiger partial charge >= 0.3 is 8.03 Å². The van der Waals surface area contributed by atoms with Crippen LogP contribution in [0.3, 0.4) is 0 Å². The van der Waals surface area contributed by atoms with E-state index in [9.17, 15) is 14.0 Å². The van der Waals surface area contributed by atoms with Gasteiger partial charge in [0.15, 0.2) is 5.31 Å². The molecule has 0 aliphatic carbocycles. The highest BCUT2D eigenvalue weighted by Gasteiger charge is 2.18. The van der Waals surface area contributed by atoms with Gasteiger partial charge in [0.25, 0.3) is 0 Å². The Hall–Kier alpha value is -0.530. The van der Waals surface area contributed by atoms with E-state index in [1.807, 2.05) is 6.08 Å². The van der Waals surface area contributed by atoms with E-state index < -0.39 is 15.4 Å². The molecule has 0 aromatic rings. The Labute approximate surface area is 130 Å². The summed E-state index contributed by atoms with van der Waals surface area (Å²) in [5, 5.41) is 1.08. The minimum absolute atomic E-state index is 0.0263. The molecule has 0 aliphatic heterocycles. The number of allylic oxidation sites excluding steroid dienone is 5. The van der Waals surface area contributed by atoms with Gasteiger partial charge in [-0.25, -0.2) is 0 Å². The van der Waals surface area contributed by atoms with Gasteiger partial charge in [-0.3, -0.25) is 4.57 Å². The highest BCUT2D eigenvalue weighted by Crippen LogP contribution is 2.46. The summed E-state index contributed by atoms with van der Waals surface area (Å²) in [6, 6.07) is 0. The molecule has 0 saturated heterocycles. The second kappa shape index (κ2) is 9.48. The normalized spacial score (nSPS) is 16.5. The minimum Gasteiger partial charge on any atom is -0.341 e. The Morgan fingerprint density at radius 3 is 1.95 bits per heavy atom. The molecule has 0 rings (SSSR count). The lowest BCUT2D eigenvalue weighted by molar-refractivity contribution is 0.455. The monoisotopic (exact) mass is 335 g/mol. The molecule has 0 bridgehead atoms. The van der Waals surface area contributed by atoms with Crippen molar-refractivity contribution < 1.29 is 18.9 Å². The summed E-state index contributed by atoms with van der Waals surface area (Å²) in [4.78, 5) is 17.7. The second-order valence-electron chi connectivity index (χ2n) is 5.91. The first kappa shape index (κ1) is 22.7. The minimum atomic E-state index is -3.01. The molecule has 0 amide bonds. The van der Waals surface area contributed by atoms with Gasteiger partial charge in [-0.1, -0.05) is 39.0 Å². The molecule has 0 spiro atoms. The number of rotatable bonds is 5. The van der Waals surface area contributed by atoms with Crippen LogP contribution in [0.4, 0.5) is 0 Å². The van der Waals surface area contributed by atoms with E-state index in [1.54, 1.807) is 26.8 Å². The predicted octanol–water partition coefficient (Wildman–Crippen LogP) is 5.43. The average Bonchev–Trinajstić information content (AvgIpc) is 2.27. The molecule has 2 atom stereocenters. The molecular weight excluding hydrogens is 306 g/mol. The van der Waals surface area contributed by atoms with Gasteiger partial charge in [-0.05, 0) is 36.3 Å². The molecule has 122 valence electrons. The summed E-state index contributed by atoms with van der Waals surface area (Å²) in [6.07, 6.45) is 4.47. The molecule has 2 N–H and O–H groups in total. The van der Waals surface area contributed by atoms with Crippen molar-refractivity contribution in [3.8, 4) is 0 Å². The number of hydrogen-bond donors (Lipinski definition) is 2. The summed E-state index contributed by atoms with van der Waals surface area (Å²) in [7, 11) is -5.15. The van der Waals surface area contributed by atoms with Crippen LogP contribution >= 0.6 is 15.4 Å². The van der Waals surface area contributed by atoms with Crippen molar-refractivity contribution >= 4 is 15.4 Å². The van der Waals surface area contributed by atoms with Crippen LogP contribution in [0.15, 0.2) is 34.9 Å². The van der Waals surface area contributed by atoms with Gasteiger partial charge in [-0.15, -0.1) is 0 Å². The molecule has 0 aromatic carbocycles. The van der Waals surface area contributed by atoms with Crippen LogP contribution in [-0.4, -0.2) is 16.5 Å². The van der Waals surface area contributed by atoms with Crippen molar-refractivity contribution in [2.24, 2.45) is 5.41 Å². The highest BCUT2D eigenvalue weighted by molar-refractivity contribution is 7.61. The van der Waals surface area contributed by atoms with E-state index in [0.717, 1.165) is 12.0 Å². The average molecular weight is 335 g/mol. The van der Waals surface area contributed by atoms with Gasteiger partial charge in [0.1, 0.15) is 0 Å². The predicted molar refractivity (Wildman–Crippen MR) is 92.0 cm³/mol. The molecule has 6 heteroatoms. The smallest absolute Gasteiger partial charge is 0.341 e. The first-order valence-electron chi connectivity index (χ1n) is 6.73. The first-order chi connectivity index (χ1) is 9.23. The van der Waals surface area contributed by atoms with Crippen molar-refractivity contribution in [2.45, 2.75) is 48.0 Å². The van der Waals surface area contributed by atoms with E-state index in [2.05, 4.69) is 27.4 Å². The van der Waals surface area contributed by atoms with Crippen molar-refractivity contribution in [2.75, 3.05) is 6.66 Å². The van der Waals surface area contributed by atoms with E-state index in [-0.39, 0.29) is 5.41 Å². The maximum atomic E-state index is 11.2. The first-order valence-corrected chi connectivity index (χ1v) is 10.0. The van der Waals surface area contributed by atoms with Crippen LogP contribution in [0, 0.1) is 5.41 Å². The van der Waals surface area contributed by atoms with Gasteiger partial charge in [0.2, 0.25) is 7.37 Å². The topological polar surface area (TPSA) is 74.6 Å². The molecule has 0 saturated carbocycles. The highest BCUT2D eigenvalue weighted by atomic mass is 31.2. The van der Waals surface area contributed by atoms with Gasteiger partial charge in [0.05, 0.1) is 0 Å². The maximum absolute atomic E-state index is 11.2. The third-order valence-corrected chi connectivity index (χ3v) is 5.09. The molecule has 21 heavy (non-hydrogen) atoms. The standard InChI is InChI=1S/C9H19O2P.C6H9O2P/c1-6-9(3,4)7-8(2)12(5,10)11;1-5(2)4-6(3)9(7)8/h7H,6H2,1-5H3,(H,10,11);4H,1H2,2-3H3/p+1/b8-7-;6-4-. The molecule has 0 aromatic heterocycles. The third-order valence-electron chi connectivity index (χ3n) is 2.92. The Balaban J connectivity index is 0. The van der Waals surface area contributed by atoms with Crippen LogP contribution in [0.1, 0.15) is 48.0 Å². The van der Waals surface area contributed by atoms with Gasteiger partial charge in [-0.2, -0.15) is 4.89 Å². The molecule has 0 radical (unpaired) electrons. The number of hydrogen-bond acceptors (Lipinski definition) is 2. The fourth-order valence-electron chi connectivity index (χ4n) is 1.20. The quantitative estimate of drug-likeness (QED) is 0.519. The summed E-state index contributed by atoms with van der Waals surface area (Å²) >= 11 is 0. The summed E-state index contributed by atoms with van der Waals surface area (Å²) in [5.41, 5.74) is 0.822. The molecule has 0 heterocycles. The Morgan fingerprint density at radius 1 is 1.33 bits per heavy atom. The molecule has 0 fully saturated rings. The zero-order valence-corrected chi connectivity index (χ0v) is 16.0. The zero-order valence-electron chi connectivity index (χ0n) is 14.2. The summed E-state index contributed by atoms with van der Waals surface area (Å²) in [5.74, 6) is 0. The van der Waals surface area contributed by atoms with Crippen molar-refractivity contribution in [1.82, 2.24) is 0 Å². The van der Waals surface area contributed by atoms with E-state index in [0.29, 0.717) is 10.6 Å². The van der Waals surface area contributed by atoms with Crippen molar-refractivity contribution in [3.05, 3.63) is 34.9 Å². The lowest BCUT2D eigenvalue weighted by atomic mass is 9.90. The van der Waals surface area contributed by atoms with Crippen molar-refractivity contribution in [1.29, 1.82) is 0 Å². The Morgan fingerprint density at radius 2 is 1.76 bits per heavy atom. The van der Waals surface area contributed by atoms with E-state index in [4.69, 9.17) is 4.89 Å². The van der Waals surface area contributed by atoms with Crippen LogP contribution in [0.2, 0.25) is 0 Å². The zero-order chi connectivity index (χ0) is 17.4. The Kier molecular flexibility index (Phi) is 10.3. The molecular formula is C15H29O4P2+. The van der Waals surface area contributed by atoms with E-state index in [1.165, 1.54) is 6.66 Å². The fraction of sp³-hybridized carbons (Fsp3) is 0.600. The van der Waals surface area contributed by atoms with Gasteiger partial charge in [0, 0.05) is 18.9 Å². The SMILES string of the molecule is C=C(C)/C=C(/C)[P+](=O)O.CCC(C)(C)/C=C(/C)P(C)(=O)O. The molecule has 2 unspecified atom stereocenters. The molecule has 0 aliphatic rings. The fourth-order valence-corrected chi connectivity index (χ4v) is 2.12. The van der Waals surface area contributed by atoms with Gasteiger partial charge < -0.3 is 4.89 Å². The van der Waals surface area contributed by atoms with Crippen molar-refractivity contribution in [3.63, 3.8) is 0 Å². The van der Waals surface area contributed by atoms with Crippen LogP contribution in [0.25, 0.3) is 0 Å². The lowest BCUT2D eigenvalue weighted by Gasteiger charge is -2.19.